The summed E-state index contributed by atoms with van der Waals surface area (Å²) in [4.78, 5) is 1.26. The van der Waals surface area contributed by atoms with Crippen molar-refractivity contribution in [1.29, 1.82) is 5.41 Å². The molecule has 1 atom stereocenters. The van der Waals surface area contributed by atoms with E-state index in [0.717, 1.165) is 0 Å². The van der Waals surface area contributed by atoms with Crippen LogP contribution in [0, 0.1) is 19.3 Å². The summed E-state index contributed by atoms with van der Waals surface area (Å²) in [5, 5.41) is 7.78. The van der Waals surface area contributed by atoms with Crippen molar-refractivity contribution in [2.75, 3.05) is 0 Å². The van der Waals surface area contributed by atoms with Crippen molar-refractivity contribution in [2.45, 2.75) is 30.4 Å². The predicted molar refractivity (Wildman–Crippen MR) is 87.5 cm³/mol. The van der Waals surface area contributed by atoms with Crippen LogP contribution in [-0.4, -0.2) is 5.84 Å². The average Bonchev–Trinajstić information content (AvgIpc) is 2.41. The SMILES string of the molecule is Cc1ccc(SC(CC(=N)N)c2ccccc2)c(C)c1. The maximum Gasteiger partial charge on any atom is 0.0920 e. The monoisotopic (exact) mass is 284 g/mol. The van der Waals surface area contributed by atoms with Crippen molar-refractivity contribution in [3.8, 4) is 0 Å². The molecule has 0 fully saturated rings. The molecule has 0 saturated heterocycles. The van der Waals surface area contributed by atoms with E-state index in [4.69, 9.17) is 11.1 Å². The van der Waals surface area contributed by atoms with Crippen LogP contribution in [-0.2, 0) is 0 Å². The largest absolute Gasteiger partial charge is 0.388 e. The maximum absolute atomic E-state index is 7.59. The molecule has 0 saturated carbocycles. The molecule has 20 heavy (non-hydrogen) atoms. The van der Waals surface area contributed by atoms with Gasteiger partial charge in [-0.2, -0.15) is 0 Å². The van der Waals surface area contributed by atoms with Gasteiger partial charge in [0.1, 0.15) is 0 Å². The molecule has 1 unspecified atom stereocenters. The number of thioether (sulfide) groups is 1. The third kappa shape index (κ3) is 3.87. The van der Waals surface area contributed by atoms with Crippen LogP contribution in [0.2, 0.25) is 0 Å². The van der Waals surface area contributed by atoms with Crippen LogP contribution >= 0.6 is 11.8 Å². The van der Waals surface area contributed by atoms with Crippen LogP contribution in [0.5, 0.6) is 0 Å². The quantitative estimate of drug-likeness (QED) is 0.484. The lowest BCUT2D eigenvalue weighted by molar-refractivity contribution is 0.983. The second-order valence-electron chi connectivity index (χ2n) is 5.02. The van der Waals surface area contributed by atoms with Crippen LogP contribution in [0.3, 0.4) is 0 Å². The zero-order valence-corrected chi connectivity index (χ0v) is 12.7. The van der Waals surface area contributed by atoms with Gasteiger partial charge in [0.25, 0.3) is 0 Å². The van der Waals surface area contributed by atoms with Gasteiger partial charge in [-0.05, 0) is 31.0 Å². The van der Waals surface area contributed by atoms with E-state index in [1.807, 2.05) is 18.2 Å². The van der Waals surface area contributed by atoms with Crippen molar-refractivity contribution in [1.82, 2.24) is 0 Å². The van der Waals surface area contributed by atoms with E-state index in [-0.39, 0.29) is 11.1 Å². The Morgan fingerprint density at radius 1 is 1.15 bits per heavy atom. The summed E-state index contributed by atoms with van der Waals surface area (Å²) >= 11 is 1.78. The molecule has 3 heteroatoms. The van der Waals surface area contributed by atoms with Crippen molar-refractivity contribution in [2.24, 2.45) is 5.73 Å². The molecule has 104 valence electrons. The minimum atomic E-state index is 0.190. The molecule has 3 N–H and O–H groups in total. The molecule has 0 aromatic heterocycles. The van der Waals surface area contributed by atoms with E-state index < -0.39 is 0 Å². The first kappa shape index (κ1) is 14.7. The van der Waals surface area contributed by atoms with E-state index in [2.05, 4.69) is 44.2 Å². The highest BCUT2D eigenvalue weighted by Crippen LogP contribution is 2.39. The van der Waals surface area contributed by atoms with Crippen molar-refractivity contribution in [3.63, 3.8) is 0 Å². The van der Waals surface area contributed by atoms with E-state index >= 15 is 0 Å². The Morgan fingerprint density at radius 2 is 1.85 bits per heavy atom. The molecule has 0 aliphatic carbocycles. The van der Waals surface area contributed by atoms with Crippen molar-refractivity contribution < 1.29 is 0 Å². The first-order valence-electron chi connectivity index (χ1n) is 6.68. The number of amidine groups is 1. The van der Waals surface area contributed by atoms with Gasteiger partial charge in [0.2, 0.25) is 0 Å². The van der Waals surface area contributed by atoms with Gasteiger partial charge in [-0.25, -0.2) is 0 Å². The number of hydrogen-bond donors (Lipinski definition) is 2. The topological polar surface area (TPSA) is 49.9 Å². The fourth-order valence-electron chi connectivity index (χ4n) is 2.18. The lowest BCUT2D eigenvalue weighted by Crippen LogP contribution is -2.13. The van der Waals surface area contributed by atoms with Gasteiger partial charge in [0.05, 0.1) is 5.84 Å². The van der Waals surface area contributed by atoms with Crippen LogP contribution in [0.1, 0.15) is 28.4 Å². The molecule has 2 nitrogen and oxygen atoms in total. The smallest absolute Gasteiger partial charge is 0.0920 e. The van der Waals surface area contributed by atoms with Crippen molar-refractivity contribution in [3.05, 3.63) is 65.2 Å². The van der Waals surface area contributed by atoms with Gasteiger partial charge in [-0.3, -0.25) is 5.41 Å². The minimum absolute atomic E-state index is 0.190. The molecule has 2 aromatic carbocycles. The summed E-state index contributed by atoms with van der Waals surface area (Å²) < 4.78 is 0. The number of rotatable bonds is 5. The summed E-state index contributed by atoms with van der Waals surface area (Å²) in [7, 11) is 0. The number of hydrogen-bond acceptors (Lipinski definition) is 2. The lowest BCUT2D eigenvalue weighted by Gasteiger charge is -2.18. The number of aryl methyl sites for hydroxylation is 2. The highest BCUT2D eigenvalue weighted by Gasteiger charge is 2.15. The first-order valence-corrected chi connectivity index (χ1v) is 7.56. The minimum Gasteiger partial charge on any atom is -0.388 e. The molecule has 2 rings (SSSR count). The highest BCUT2D eigenvalue weighted by molar-refractivity contribution is 7.99. The Labute approximate surface area is 124 Å². The average molecular weight is 284 g/mol. The second kappa shape index (κ2) is 6.62. The van der Waals surface area contributed by atoms with Crippen LogP contribution in [0.15, 0.2) is 53.4 Å². The number of benzene rings is 2. The normalized spacial score (nSPS) is 12.1. The molecule has 0 aliphatic heterocycles. The number of nitrogens with one attached hydrogen (secondary N) is 1. The molecule has 0 amide bonds. The molecular weight excluding hydrogens is 264 g/mol. The van der Waals surface area contributed by atoms with E-state index in [1.165, 1.54) is 21.6 Å². The Morgan fingerprint density at radius 3 is 2.45 bits per heavy atom. The Bertz CT molecular complexity index is 593. The summed E-state index contributed by atoms with van der Waals surface area (Å²) in [6.07, 6.45) is 0.571. The molecule has 0 aliphatic rings. The molecule has 0 radical (unpaired) electrons. The van der Waals surface area contributed by atoms with Gasteiger partial charge in [-0.1, -0.05) is 48.0 Å². The Balaban J connectivity index is 2.26. The van der Waals surface area contributed by atoms with E-state index in [9.17, 15) is 0 Å². The molecule has 0 heterocycles. The van der Waals surface area contributed by atoms with E-state index in [1.54, 1.807) is 11.8 Å². The predicted octanol–water partition coefficient (Wildman–Crippen LogP) is 4.46. The fraction of sp³-hybridized carbons (Fsp3) is 0.235. The summed E-state index contributed by atoms with van der Waals surface area (Å²) in [6.45, 7) is 4.23. The van der Waals surface area contributed by atoms with Gasteiger partial charge in [0, 0.05) is 16.6 Å². The summed E-state index contributed by atoms with van der Waals surface area (Å²) in [5.74, 6) is 0.233. The van der Waals surface area contributed by atoms with Gasteiger partial charge in [-0.15, -0.1) is 11.8 Å². The highest BCUT2D eigenvalue weighted by atomic mass is 32.2. The molecule has 0 bridgehead atoms. The Kier molecular flexibility index (Phi) is 4.85. The first-order chi connectivity index (χ1) is 9.56. The fourth-order valence-corrected chi connectivity index (χ4v) is 3.43. The molecule has 2 aromatic rings. The van der Waals surface area contributed by atoms with Crippen molar-refractivity contribution >= 4 is 17.6 Å². The standard InChI is InChI=1S/C17H20N2S/c1-12-8-9-15(13(2)10-12)20-16(11-17(18)19)14-6-4-3-5-7-14/h3-10,16H,11H2,1-2H3,(H3,18,19). The second-order valence-corrected chi connectivity index (χ2v) is 6.26. The zero-order chi connectivity index (χ0) is 14.5. The van der Waals surface area contributed by atoms with Gasteiger partial charge in [0.15, 0.2) is 0 Å². The molecular formula is C17H20N2S. The van der Waals surface area contributed by atoms with Crippen LogP contribution in [0.4, 0.5) is 0 Å². The third-order valence-electron chi connectivity index (χ3n) is 3.18. The lowest BCUT2D eigenvalue weighted by atomic mass is 10.1. The third-order valence-corrected chi connectivity index (χ3v) is 4.61. The van der Waals surface area contributed by atoms with Gasteiger partial charge >= 0.3 is 0 Å². The van der Waals surface area contributed by atoms with Crippen LogP contribution < -0.4 is 5.73 Å². The number of nitrogens with two attached hydrogens (primary N) is 1. The van der Waals surface area contributed by atoms with Crippen LogP contribution in [0.25, 0.3) is 0 Å². The summed E-state index contributed by atoms with van der Waals surface area (Å²) in [6, 6.07) is 16.8. The van der Waals surface area contributed by atoms with Gasteiger partial charge < -0.3 is 5.73 Å². The molecule has 0 spiro atoms. The maximum atomic E-state index is 7.59. The van der Waals surface area contributed by atoms with E-state index in [0.29, 0.717) is 6.42 Å². The summed E-state index contributed by atoms with van der Waals surface area (Å²) in [5.41, 5.74) is 9.38. The zero-order valence-electron chi connectivity index (χ0n) is 11.9. The Hall–Kier alpha value is -1.74.